The van der Waals surface area contributed by atoms with Crippen LogP contribution in [0.4, 0.5) is 30.7 Å². The fourth-order valence-corrected chi connectivity index (χ4v) is 4.55. The third-order valence-electron chi connectivity index (χ3n) is 6.55. The molecule has 40 heavy (non-hydrogen) atoms. The average Bonchev–Trinajstić information content (AvgIpc) is 3.50. The molecule has 16 heteroatoms. The number of benzene rings is 1. The molecule has 0 fully saturated rings. The van der Waals surface area contributed by atoms with Gasteiger partial charge in [0, 0.05) is 36.2 Å². The Kier molecular flexibility index (Phi) is 7.64. The number of hydrogen-bond acceptors (Lipinski definition) is 5. The Hall–Kier alpha value is -3.98. The molecule has 216 valence electrons. The zero-order chi connectivity index (χ0) is 29.5. The van der Waals surface area contributed by atoms with Gasteiger partial charge in [0.1, 0.15) is 11.5 Å². The third kappa shape index (κ3) is 5.65. The number of carbonyl (C=O) groups excluding carboxylic acids is 1. The second kappa shape index (κ2) is 10.5. The number of aromatic amines is 1. The Morgan fingerprint density at radius 3 is 2.35 bits per heavy atom. The molecule has 0 saturated carbocycles. The van der Waals surface area contributed by atoms with Crippen molar-refractivity contribution < 1.29 is 35.5 Å². The number of rotatable bonds is 8. The van der Waals surface area contributed by atoms with E-state index in [0.29, 0.717) is 4.68 Å². The molecule has 0 unspecified atom stereocenters. The number of nitrogens with zero attached hydrogens (tertiary/aromatic N) is 5. The lowest BCUT2D eigenvalue weighted by atomic mass is 9.78. The van der Waals surface area contributed by atoms with Gasteiger partial charge in [-0.25, -0.2) is 14.3 Å². The van der Waals surface area contributed by atoms with Crippen LogP contribution < -0.4 is 11.0 Å². The number of aryl methyl sites for hydroxylation is 1. The molecular weight excluding hydrogens is 551 g/mol. The van der Waals surface area contributed by atoms with Gasteiger partial charge in [0.25, 0.3) is 5.91 Å². The van der Waals surface area contributed by atoms with Crippen molar-refractivity contribution in [2.24, 2.45) is 0 Å². The Morgan fingerprint density at radius 1 is 1.07 bits per heavy atom. The van der Waals surface area contributed by atoms with Crippen LogP contribution in [0.1, 0.15) is 62.4 Å². The van der Waals surface area contributed by atoms with Crippen LogP contribution in [0.2, 0.25) is 0 Å². The number of H-pyrrole nitrogens is 1. The molecule has 0 bridgehead atoms. The van der Waals surface area contributed by atoms with E-state index in [1.54, 1.807) is 13.8 Å². The number of amides is 1. The van der Waals surface area contributed by atoms with Crippen molar-refractivity contribution in [2.75, 3.05) is 0 Å². The number of halogens is 7. The van der Waals surface area contributed by atoms with E-state index in [0.717, 1.165) is 12.1 Å². The number of tetrazole rings is 1. The molecule has 1 aliphatic rings. The first-order valence-electron chi connectivity index (χ1n) is 12.2. The van der Waals surface area contributed by atoms with E-state index >= 15 is 4.39 Å². The Balaban J connectivity index is 1.79. The fraction of sp³-hybridized carbons (Fsp3) is 0.458. The van der Waals surface area contributed by atoms with E-state index in [2.05, 4.69) is 15.5 Å². The minimum Gasteiger partial charge on any atom is -0.332 e. The van der Waals surface area contributed by atoms with Gasteiger partial charge in [-0.1, -0.05) is 12.1 Å². The summed E-state index contributed by atoms with van der Waals surface area (Å²) in [5.41, 5.74) is -5.92. The molecule has 4 rings (SSSR count). The number of nitrogens with one attached hydrogen (secondary N) is 2. The molecule has 9 nitrogen and oxygen atoms in total. The van der Waals surface area contributed by atoms with Crippen LogP contribution in [-0.4, -0.2) is 48.2 Å². The summed E-state index contributed by atoms with van der Waals surface area (Å²) in [6, 6.07) is 4.02. The molecule has 0 spiro atoms. The number of unbranched alkanes of at least 4 members (excludes halogenated alkanes) is 1. The van der Waals surface area contributed by atoms with Gasteiger partial charge >= 0.3 is 18.0 Å². The van der Waals surface area contributed by atoms with E-state index in [-0.39, 0.29) is 42.1 Å². The molecule has 0 aliphatic carbocycles. The maximum absolute atomic E-state index is 15.4. The van der Waals surface area contributed by atoms with Crippen molar-refractivity contribution >= 4 is 17.2 Å². The summed E-state index contributed by atoms with van der Waals surface area (Å²) >= 11 is 0. The summed E-state index contributed by atoms with van der Waals surface area (Å²) < 4.78 is 98.9. The van der Waals surface area contributed by atoms with Gasteiger partial charge in [-0.05, 0) is 61.2 Å². The minimum absolute atomic E-state index is 0.00959. The normalized spacial score (nSPS) is 18.5. The first-order valence-corrected chi connectivity index (χ1v) is 12.2. The van der Waals surface area contributed by atoms with Crippen molar-refractivity contribution in [3.63, 3.8) is 0 Å². The lowest BCUT2D eigenvalue weighted by molar-refractivity contribution is -0.202. The summed E-state index contributed by atoms with van der Waals surface area (Å²) in [4.78, 5) is 25.5. The second-order valence-electron chi connectivity index (χ2n) is 9.69. The molecule has 1 atom stereocenters. The van der Waals surface area contributed by atoms with E-state index < -0.39 is 59.4 Å². The lowest BCUT2D eigenvalue weighted by Crippen LogP contribution is -2.59. The highest BCUT2D eigenvalue weighted by Crippen LogP contribution is 2.49. The van der Waals surface area contributed by atoms with Gasteiger partial charge in [0.05, 0.1) is 5.69 Å². The third-order valence-corrected chi connectivity index (χ3v) is 6.55. The molecule has 1 amide bonds. The Morgan fingerprint density at radius 2 is 1.80 bits per heavy atom. The van der Waals surface area contributed by atoms with Crippen molar-refractivity contribution in [3.05, 3.63) is 63.6 Å². The lowest BCUT2D eigenvalue weighted by Gasteiger charge is -2.41. The quantitative estimate of drug-likeness (QED) is 0.304. The highest BCUT2D eigenvalue weighted by Gasteiger charge is 2.61. The van der Waals surface area contributed by atoms with Crippen molar-refractivity contribution in [1.82, 2.24) is 35.3 Å². The van der Waals surface area contributed by atoms with Crippen molar-refractivity contribution in [3.8, 4) is 0 Å². The smallest absolute Gasteiger partial charge is 0.332 e. The van der Waals surface area contributed by atoms with Crippen LogP contribution in [0.25, 0.3) is 11.3 Å². The number of carbonyl (C=O) groups is 1. The largest absolute Gasteiger partial charge is 0.416 e. The molecule has 2 N–H and O–H groups in total. The molecule has 0 radical (unpaired) electrons. The SMILES string of the molecule is CC(C)n1ccc(C2=C(n3nn[nH]c3=O)C(=O)N[C@@](c3ccc(CCCCC(F)(F)F)cc3F)(C(F)(F)F)C2)n1. The summed E-state index contributed by atoms with van der Waals surface area (Å²) in [6.07, 6.45) is -10.4. The molecule has 1 aliphatic heterocycles. The zero-order valence-corrected chi connectivity index (χ0v) is 21.2. The predicted octanol–water partition coefficient (Wildman–Crippen LogP) is 4.50. The van der Waals surface area contributed by atoms with Gasteiger partial charge in [-0.3, -0.25) is 9.48 Å². The monoisotopic (exact) mass is 575 g/mol. The Labute approximate surface area is 222 Å². The molecule has 0 saturated heterocycles. The molecule has 1 aromatic carbocycles. The highest BCUT2D eigenvalue weighted by molar-refractivity contribution is 6.22. The molecular formula is C24H24F7N7O2. The topological polar surface area (TPSA) is 110 Å². The Bertz CT molecular complexity index is 1480. The first-order chi connectivity index (χ1) is 18.6. The van der Waals surface area contributed by atoms with Gasteiger partial charge in [0.15, 0.2) is 5.54 Å². The van der Waals surface area contributed by atoms with Crippen molar-refractivity contribution in [1.29, 1.82) is 0 Å². The first kappa shape index (κ1) is 29.0. The maximum Gasteiger partial charge on any atom is 0.416 e. The van der Waals surface area contributed by atoms with Crippen LogP contribution in [0.15, 0.2) is 35.3 Å². The molecule has 3 heterocycles. The van der Waals surface area contributed by atoms with E-state index in [4.69, 9.17) is 0 Å². The van der Waals surface area contributed by atoms with Gasteiger partial charge in [-0.2, -0.15) is 36.1 Å². The number of aromatic nitrogens is 6. The second-order valence-corrected chi connectivity index (χ2v) is 9.69. The summed E-state index contributed by atoms with van der Waals surface area (Å²) in [5, 5.41) is 14.9. The maximum atomic E-state index is 15.4. The van der Waals surface area contributed by atoms with Gasteiger partial charge in [-0.15, -0.1) is 0 Å². The van der Waals surface area contributed by atoms with E-state index in [1.165, 1.54) is 23.0 Å². The van der Waals surface area contributed by atoms with E-state index in [1.807, 2.05) is 10.4 Å². The summed E-state index contributed by atoms with van der Waals surface area (Å²) in [7, 11) is 0. The molecule has 3 aromatic rings. The fourth-order valence-electron chi connectivity index (χ4n) is 4.55. The van der Waals surface area contributed by atoms with E-state index in [9.17, 15) is 35.9 Å². The van der Waals surface area contributed by atoms with Gasteiger partial charge < -0.3 is 5.32 Å². The summed E-state index contributed by atoms with van der Waals surface area (Å²) in [6.45, 7) is 3.53. The van der Waals surface area contributed by atoms with Crippen LogP contribution in [0.3, 0.4) is 0 Å². The van der Waals surface area contributed by atoms with Crippen LogP contribution in [0.5, 0.6) is 0 Å². The summed E-state index contributed by atoms with van der Waals surface area (Å²) in [5.74, 6) is -2.68. The number of hydrogen-bond donors (Lipinski definition) is 2. The van der Waals surface area contributed by atoms with Crippen LogP contribution in [0, 0.1) is 5.82 Å². The van der Waals surface area contributed by atoms with Gasteiger partial charge in [0.2, 0.25) is 0 Å². The minimum atomic E-state index is -5.23. The standard InChI is InChI=1S/C24H24F7N7O2/c1-13(2)37-10-8-18(34-37)15-12-22(24(29,30)31,32-20(39)19(15)38-21(40)33-35-36-38)16-7-6-14(11-17(16)25)5-3-4-9-23(26,27)28/h6-8,10-11,13H,3-5,9,12H2,1-2H3,(H,32,39)(H,33,36,40)/t22-/m0/s1. The predicted molar refractivity (Wildman–Crippen MR) is 127 cm³/mol. The molecule has 2 aromatic heterocycles. The highest BCUT2D eigenvalue weighted by atomic mass is 19.4. The zero-order valence-electron chi connectivity index (χ0n) is 21.2. The number of alkyl halides is 6. The van der Waals surface area contributed by atoms with Crippen molar-refractivity contribution in [2.45, 2.75) is 69.9 Å². The average molecular weight is 575 g/mol. The van der Waals surface area contributed by atoms with Crippen LogP contribution >= 0.6 is 0 Å². The van der Waals surface area contributed by atoms with Crippen LogP contribution in [-0.2, 0) is 16.8 Å².